The van der Waals surface area contributed by atoms with E-state index in [0.29, 0.717) is 5.92 Å². The Balaban J connectivity index is 1.85. The molecule has 0 spiro atoms. The minimum atomic E-state index is -0.213. The Hall–Kier alpha value is -0.510. The van der Waals surface area contributed by atoms with E-state index >= 15 is 0 Å². The Labute approximate surface area is 101 Å². The molecule has 2 aliphatic rings. The lowest BCUT2D eigenvalue weighted by atomic mass is 9.82. The van der Waals surface area contributed by atoms with Crippen LogP contribution in [0, 0.1) is 11.8 Å². The van der Waals surface area contributed by atoms with Crippen molar-refractivity contribution in [3.8, 4) is 0 Å². The zero-order valence-electron chi connectivity index (χ0n) is 9.70. The van der Waals surface area contributed by atoms with Crippen LogP contribution < -0.4 is 5.32 Å². The van der Waals surface area contributed by atoms with Crippen LogP contribution in [0.2, 0.25) is 0 Å². The van der Waals surface area contributed by atoms with Crippen molar-refractivity contribution in [1.29, 1.82) is 0 Å². The Bertz CT molecular complexity index is 293. The summed E-state index contributed by atoms with van der Waals surface area (Å²) in [4.78, 5) is 23.4. The van der Waals surface area contributed by atoms with Gasteiger partial charge in [-0.15, -0.1) is 0 Å². The first-order chi connectivity index (χ1) is 7.66. The highest BCUT2D eigenvalue weighted by atomic mass is 32.2. The fourth-order valence-corrected chi connectivity index (χ4v) is 3.52. The largest absolute Gasteiger partial charge is 0.345 e. The quantitative estimate of drug-likeness (QED) is 0.804. The highest BCUT2D eigenvalue weighted by Crippen LogP contribution is 2.29. The number of amides is 1. The van der Waals surface area contributed by atoms with Crippen molar-refractivity contribution in [3.63, 3.8) is 0 Å². The van der Waals surface area contributed by atoms with Crippen LogP contribution >= 0.6 is 11.8 Å². The van der Waals surface area contributed by atoms with E-state index < -0.39 is 0 Å². The van der Waals surface area contributed by atoms with Gasteiger partial charge in [0.05, 0.1) is 6.04 Å². The predicted molar refractivity (Wildman–Crippen MR) is 65.1 cm³/mol. The topological polar surface area (TPSA) is 46.2 Å². The van der Waals surface area contributed by atoms with Gasteiger partial charge >= 0.3 is 0 Å². The normalized spacial score (nSPS) is 35.1. The second-order valence-corrected chi connectivity index (χ2v) is 6.09. The maximum Gasteiger partial charge on any atom is 0.223 e. The molecule has 3 unspecified atom stereocenters. The molecule has 1 saturated carbocycles. The van der Waals surface area contributed by atoms with Gasteiger partial charge in [0.2, 0.25) is 11.0 Å². The van der Waals surface area contributed by atoms with Gasteiger partial charge < -0.3 is 5.32 Å². The lowest BCUT2D eigenvalue weighted by molar-refractivity contribution is -0.129. The summed E-state index contributed by atoms with van der Waals surface area (Å²) in [6.07, 6.45) is 5.16. The van der Waals surface area contributed by atoms with Crippen molar-refractivity contribution in [3.05, 3.63) is 0 Å². The minimum absolute atomic E-state index is 0.104. The first-order valence-corrected chi connectivity index (χ1v) is 7.12. The van der Waals surface area contributed by atoms with Gasteiger partial charge in [-0.3, -0.25) is 9.59 Å². The number of carbonyl (C=O) groups is 2. The fraction of sp³-hybridized carbons (Fsp3) is 0.833. The van der Waals surface area contributed by atoms with Crippen LogP contribution in [-0.2, 0) is 9.59 Å². The van der Waals surface area contributed by atoms with Crippen molar-refractivity contribution in [1.82, 2.24) is 5.32 Å². The van der Waals surface area contributed by atoms with Crippen LogP contribution in [0.4, 0.5) is 0 Å². The van der Waals surface area contributed by atoms with Gasteiger partial charge in [0.1, 0.15) is 0 Å². The zero-order valence-corrected chi connectivity index (χ0v) is 10.5. The van der Waals surface area contributed by atoms with E-state index in [1.165, 1.54) is 18.2 Å². The molecular weight excluding hydrogens is 222 g/mol. The maximum absolute atomic E-state index is 12.0. The third-order valence-electron chi connectivity index (χ3n) is 3.56. The van der Waals surface area contributed by atoms with E-state index in [1.54, 1.807) is 0 Å². The second-order valence-electron chi connectivity index (χ2n) is 4.99. The first-order valence-electron chi connectivity index (χ1n) is 6.14. The number of nitrogens with one attached hydrogen (secondary N) is 1. The molecule has 0 aromatic carbocycles. The Kier molecular flexibility index (Phi) is 3.90. The van der Waals surface area contributed by atoms with Gasteiger partial charge in [-0.1, -0.05) is 31.5 Å². The number of carbonyl (C=O) groups excluding carboxylic acids is 2. The highest BCUT2D eigenvalue weighted by molar-refractivity contribution is 8.14. The van der Waals surface area contributed by atoms with Crippen LogP contribution in [0.3, 0.4) is 0 Å². The monoisotopic (exact) mass is 241 g/mol. The van der Waals surface area contributed by atoms with Gasteiger partial charge in [0.25, 0.3) is 0 Å². The number of rotatable bonds is 2. The first kappa shape index (κ1) is 12.0. The Morgan fingerprint density at radius 1 is 1.38 bits per heavy atom. The fourth-order valence-electron chi connectivity index (χ4n) is 2.59. The molecular formula is C12H19NO2S. The molecule has 2 rings (SSSR count). The van der Waals surface area contributed by atoms with Gasteiger partial charge in [-0.05, 0) is 25.2 Å². The van der Waals surface area contributed by atoms with E-state index in [4.69, 9.17) is 0 Å². The summed E-state index contributed by atoms with van der Waals surface area (Å²) >= 11 is 1.34. The third kappa shape index (κ3) is 2.78. The smallest absolute Gasteiger partial charge is 0.223 e. The van der Waals surface area contributed by atoms with E-state index in [9.17, 15) is 9.59 Å². The maximum atomic E-state index is 12.0. The van der Waals surface area contributed by atoms with Crippen LogP contribution in [0.5, 0.6) is 0 Å². The number of hydrogen-bond donors (Lipinski definition) is 1. The molecule has 3 nitrogen and oxygen atoms in total. The van der Waals surface area contributed by atoms with Crippen LogP contribution in [0.15, 0.2) is 0 Å². The van der Waals surface area contributed by atoms with Crippen molar-refractivity contribution >= 4 is 22.8 Å². The molecule has 0 radical (unpaired) electrons. The summed E-state index contributed by atoms with van der Waals surface area (Å²) in [5, 5.41) is 3.05. The molecule has 1 saturated heterocycles. The number of hydrogen-bond acceptors (Lipinski definition) is 3. The zero-order chi connectivity index (χ0) is 11.5. The molecule has 0 bridgehead atoms. The third-order valence-corrected chi connectivity index (χ3v) is 4.57. The summed E-state index contributed by atoms with van der Waals surface area (Å²) in [7, 11) is 0. The lowest BCUT2D eigenvalue weighted by Gasteiger charge is -2.26. The SMILES string of the molecule is CC1CCCC(C(=O)NC2CCSC2=O)C1. The summed E-state index contributed by atoms with van der Waals surface area (Å²) in [5.41, 5.74) is 0. The minimum Gasteiger partial charge on any atom is -0.345 e. The summed E-state index contributed by atoms with van der Waals surface area (Å²) in [6.45, 7) is 2.20. The number of thioether (sulfide) groups is 1. The van der Waals surface area contributed by atoms with Gasteiger partial charge in [-0.2, -0.15) is 0 Å². The lowest BCUT2D eigenvalue weighted by Crippen LogP contribution is -2.41. The molecule has 16 heavy (non-hydrogen) atoms. The van der Waals surface area contributed by atoms with Gasteiger partial charge in [-0.25, -0.2) is 0 Å². The molecule has 0 aromatic heterocycles. The van der Waals surface area contributed by atoms with E-state index in [0.717, 1.165) is 31.4 Å². The van der Waals surface area contributed by atoms with Gasteiger partial charge in [0.15, 0.2) is 0 Å². The molecule has 90 valence electrons. The Morgan fingerprint density at radius 3 is 2.81 bits per heavy atom. The summed E-state index contributed by atoms with van der Waals surface area (Å²) < 4.78 is 0. The summed E-state index contributed by atoms with van der Waals surface area (Å²) in [6, 6.07) is -0.213. The van der Waals surface area contributed by atoms with E-state index in [1.807, 2.05) is 0 Å². The average molecular weight is 241 g/mol. The van der Waals surface area contributed by atoms with E-state index in [2.05, 4.69) is 12.2 Å². The Morgan fingerprint density at radius 2 is 2.19 bits per heavy atom. The standard InChI is InChI=1S/C12H19NO2S/c1-8-3-2-4-9(7-8)11(14)13-10-5-6-16-12(10)15/h8-10H,2-7H2,1H3,(H,13,14). The molecule has 1 amide bonds. The van der Waals surface area contributed by atoms with Crippen molar-refractivity contribution in [2.45, 2.75) is 45.1 Å². The molecule has 1 N–H and O–H groups in total. The van der Waals surface area contributed by atoms with E-state index in [-0.39, 0.29) is 23.0 Å². The molecule has 1 aliphatic carbocycles. The predicted octanol–water partition coefficient (Wildman–Crippen LogP) is 1.96. The summed E-state index contributed by atoms with van der Waals surface area (Å²) in [5.74, 6) is 1.75. The van der Waals surface area contributed by atoms with Crippen LogP contribution in [0.1, 0.15) is 39.0 Å². The van der Waals surface area contributed by atoms with Crippen molar-refractivity contribution < 1.29 is 9.59 Å². The molecule has 0 aromatic rings. The molecule has 1 heterocycles. The molecule has 4 heteroatoms. The second kappa shape index (κ2) is 5.21. The molecule has 3 atom stereocenters. The van der Waals surface area contributed by atoms with Crippen molar-refractivity contribution in [2.24, 2.45) is 11.8 Å². The van der Waals surface area contributed by atoms with Crippen molar-refractivity contribution in [2.75, 3.05) is 5.75 Å². The van der Waals surface area contributed by atoms with Crippen LogP contribution in [0.25, 0.3) is 0 Å². The molecule has 1 aliphatic heterocycles. The van der Waals surface area contributed by atoms with Gasteiger partial charge in [0, 0.05) is 11.7 Å². The average Bonchev–Trinajstić information content (AvgIpc) is 2.64. The highest BCUT2D eigenvalue weighted by Gasteiger charge is 2.31. The molecule has 2 fully saturated rings. The van der Waals surface area contributed by atoms with Crippen LogP contribution in [-0.4, -0.2) is 22.8 Å².